The Hall–Kier alpha value is -1.59. The average molecular weight is 278 g/mol. The topological polar surface area (TPSA) is 59.6 Å². The van der Waals surface area contributed by atoms with E-state index in [-0.39, 0.29) is 12.5 Å². The van der Waals surface area contributed by atoms with Crippen LogP contribution in [0.15, 0.2) is 24.3 Å². The van der Waals surface area contributed by atoms with Gasteiger partial charge in [-0.25, -0.2) is 0 Å². The maximum atomic E-state index is 11.8. The standard InChI is InChI=1S/C15H22N2O3/c1-19-14-7-4-6-12(9-14)17-15(18)11-20-10-13-5-2-3-8-16-13/h4,6-7,9,13,16H,2-3,5,8,10-11H2,1H3,(H,17,18). The van der Waals surface area contributed by atoms with Gasteiger partial charge in [-0.15, -0.1) is 0 Å². The van der Waals surface area contributed by atoms with Gasteiger partial charge in [0.25, 0.3) is 0 Å². The summed E-state index contributed by atoms with van der Waals surface area (Å²) in [7, 11) is 1.60. The summed E-state index contributed by atoms with van der Waals surface area (Å²) in [6.07, 6.45) is 3.58. The molecule has 0 bridgehead atoms. The molecule has 1 heterocycles. The van der Waals surface area contributed by atoms with Crippen LogP contribution < -0.4 is 15.4 Å². The van der Waals surface area contributed by atoms with Gasteiger partial charge < -0.3 is 20.1 Å². The lowest BCUT2D eigenvalue weighted by Crippen LogP contribution is -2.38. The van der Waals surface area contributed by atoms with Crippen molar-refractivity contribution < 1.29 is 14.3 Å². The van der Waals surface area contributed by atoms with Crippen LogP contribution in [-0.4, -0.2) is 38.8 Å². The van der Waals surface area contributed by atoms with E-state index in [1.54, 1.807) is 13.2 Å². The number of ether oxygens (including phenoxy) is 2. The van der Waals surface area contributed by atoms with Gasteiger partial charge in [0, 0.05) is 17.8 Å². The molecular weight excluding hydrogens is 256 g/mol. The molecule has 20 heavy (non-hydrogen) atoms. The van der Waals surface area contributed by atoms with Gasteiger partial charge in [0.15, 0.2) is 0 Å². The lowest BCUT2D eigenvalue weighted by atomic mass is 10.1. The monoisotopic (exact) mass is 278 g/mol. The highest BCUT2D eigenvalue weighted by Crippen LogP contribution is 2.16. The van der Waals surface area contributed by atoms with E-state index in [2.05, 4.69) is 10.6 Å². The molecule has 1 aliphatic rings. The predicted octanol–water partition coefficient (Wildman–Crippen LogP) is 1.79. The number of amides is 1. The van der Waals surface area contributed by atoms with E-state index >= 15 is 0 Å². The van der Waals surface area contributed by atoms with Crippen molar-refractivity contribution in [3.63, 3.8) is 0 Å². The zero-order valence-corrected chi connectivity index (χ0v) is 11.9. The molecule has 0 spiro atoms. The second kappa shape index (κ2) is 7.87. The second-order valence-electron chi connectivity index (χ2n) is 4.94. The summed E-state index contributed by atoms with van der Waals surface area (Å²) in [5, 5.41) is 6.17. The van der Waals surface area contributed by atoms with Crippen LogP contribution in [0.3, 0.4) is 0 Å². The maximum absolute atomic E-state index is 11.8. The van der Waals surface area contributed by atoms with Crippen molar-refractivity contribution in [1.82, 2.24) is 5.32 Å². The van der Waals surface area contributed by atoms with Gasteiger partial charge in [-0.1, -0.05) is 12.5 Å². The molecule has 1 aromatic carbocycles. The predicted molar refractivity (Wildman–Crippen MR) is 78.1 cm³/mol. The first-order valence-electron chi connectivity index (χ1n) is 7.03. The first-order chi connectivity index (χ1) is 9.78. The number of rotatable bonds is 6. The minimum atomic E-state index is -0.144. The zero-order chi connectivity index (χ0) is 14.2. The van der Waals surface area contributed by atoms with Crippen LogP contribution >= 0.6 is 0 Å². The molecule has 1 atom stereocenters. The van der Waals surface area contributed by atoms with Crippen molar-refractivity contribution in [3.05, 3.63) is 24.3 Å². The summed E-state index contributed by atoms with van der Waals surface area (Å²) in [5.74, 6) is 0.573. The fourth-order valence-electron chi connectivity index (χ4n) is 2.26. The molecule has 1 aromatic rings. The van der Waals surface area contributed by atoms with Gasteiger partial charge in [-0.2, -0.15) is 0 Å². The summed E-state index contributed by atoms with van der Waals surface area (Å²) in [4.78, 5) is 11.8. The Morgan fingerprint density at radius 2 is 2.35 bits per heavy atom. The summed E-state index contributed by atoms with van der Waals surface area (Å²) in [6, 6.07) is 7.65. The van der Waals surface area contributed by atoms with Crippen molar-refractivity contribution in [2.45, 2.75) is 25.3 Å². The van der Waals surface area contributed by atoms with Crippen LogP contribution in [0.1, 0.15) is 19.3 Å². The Morgan fingerprint density at radius 3 is 3.10 bits per heavy atom. The molecule has 0 saturated carbocycles. The van der Waals surface area contributed by atoms with Crippen LogP contribution in [0.4, 0.5) is 5.69 Å². The Morgan fingerprint density at radius 1 is 1.45 bits per heavy atom. The normalized spacial score (nSPS) is 18.6. The number of carbonyl (C=O) groups is 1. The highest BCUT2D eigenvalue weighted by molar-refractivity contribution is 5.91. The van der Waals surface area contributed by atoms with Gasteiger partial charge in [-0.05, 0) is 31.5 Å². The smallest absolute Gasteiger partial charge is 0.250 e. The number of benzene rings is 1. The van der Waals surface area contributed by atoms with E-state index < -0.39 is 0 Å². The Bertz CT molecular complexity index is 431. The summed E-state index contributed by atoms with van der Waals surface area (Å²) in [5.41, 5.74) is 0.716. The number of hydrogen-bond acceptors (Lipinski definition) is 4. The number of carbonyl (C=O) groups excluding carboxylic acids is 1. The zero-order valence-electron chi connectivity index (χ0n) is 11.9. The SMILES string of the molecule is COc1cccc(NC(=O)COCC2CCCCN2)c1. The quantitative estimate of drug-likeness (QED) is 0.833. The highest BCUT2D eigenvalue weighted by Gasteiger charge is 2.13. The first-order valence-corrected chi connectivity index (χ1v) is 7.03. The summed E-state index contributed by atoms with van der Waals surface area (Å²) < 4.78 is 10.6. The number of hydrogen-bond donors (Lipinski definition) is 2. The first kappa shape index (κ1) is 14.8. The molecule has 1 fully saturated rings. The van der Waals surface area contributed by atoms with Crippen LogP contribution in [0.2, 0.25) is 0 Å². The molecule has 1 amide bonds. The molecule has 1 unspecified atom stereocenters. The van der Waals surface area contributed by atoms with Gasteiger partial charge in [0.1, 0.15) is 12.4 Å². The third-order valence-corrected chi connectivity index (χ3v) is 3.32. The minimum absolute atomic E-state index is 0.0788. The molecule has 2 rings (SSSR count). The molecule has 0 radical (unpaired) electrons. The van der Waals surface area contributed by atoms with Crippen LogP contribution in [0, 0.1) is 0 Å². The lowest BCUT2D eigenvalue weighted by Gasteiger charge is -2.23. The fourth-order valence-corrected chi connectivity index (χ4v) is 2.26. The number of nitrogens with one attached hydrogen (secondary N) is 2. The van der Waals surface area contributed by atoms with Crippen molar-refractivity contribution >= 4 is 11.6 Å². The van der Waals surface area contributed by atoms with Gasteiger partial charge in [-0.3, -0.25) is 4.79 Å². The summed E-state index contributed by atoms with van der Waals surface area (Å²) >= 11 is 0. The molecule has 0 aromatic heterocycles. The Kier molecular flexibility index (Phi) is 5.83. The van der Waals surface area contributed by atoms with Crippen molar-refractivity contribution in [2.75, 3.05) is 32.2 Å². The van der Waals surface area contributed by atoms with E-state index in [0.29, 0.717) is 18.3 Å². The largest absolute Gasteiger partial charge is 0.497 e. The lowest BCUT2D eigenvalue weighted by molar-refractivity contribution is -0.120. The third-order valence-electron chi connectivity index (χ3n) is 3.32. The van der Waals surface area contributed by atoms with E-state index in [4.69, 9.17) is 9.47 Å². The Labute approximate surface area is 119 Å². The molecular formula is C15H22N2O3. The molecule has 5 nitrogen and oxygen atoms in total. The highest BCUT2D eigenvalue weighted by atomic mass is 16.5. The fraction of sp³-hybridized carbons (Fsp3) is 0.533. The molecule has 110 valence electrons. The molecule has 1 saturated heterocycles. The van der Waals surface area contributed by atoms with E-state index in [1.807, 2.05) is 18.2 Å². The van der Waals surface area contributed by atoms with E-state index in [9.17, 15) is 4.79 Å². The maximum Gasteiger partial charge on any atom is 0.250 e. The summed E-state index contributed by atoms with van der Waals surface area (Å²) in [6.45, 7) is 1.71. The van der Waals surface area contributed by atoms with Gasteiger partial charge in [0.2, 0.25) is 5.91 Å². The number of anilines is 1. The van der Waals surface area contributed by atoms with Crippen LogP contribution in [0.5, 0.6) is 5.75 Å². The second-order valence-corrected chi connectivity index (χ2v) is 4.94. The van der Waals surface area contributed by atoms with Crippen molar-refractivity contribution in [3.8, 4) is 5.75 Å². The third kappa shape index (κ3) is 4.83. The molecule has 5 heteroatoms. The molecule has 2 N–H and O–H groups in total. The number of piperidine rings is 1. The van der Waals surface area contributed by atoms with E-state index in [1.165, 1.54) is 12.8 Å². The number of methoxy groups -OCH3 is 1. The van der Waals surface area contributed by atoms with Crippen molar-refractivity contribution in [1.29, 1.82) is 0 Å². The molecule has 0 aliphatic carbocycles. The van der Waals surface area contributed by atoms with E-state index in [0.717, 1.165) is 18.7 Å². The average Bonchev–Trinajstić information content (AvgIpc) is 2.48. The van der Waals surface area contributed by atoms with Crippen molar-refractivity contribution in [2.24, 2.45) is 0 Å². The Balaban J connectivity index is 1.69. The van der Waals surface area contributed by atoms with Gasteiger partial charge in [0.05, 0.1) is 13.7 Å². The van der Waals surface area contributed by atoms with Gasteiger partial charge >= 0.3 is 0 Å². The molecule has 1 aliphatic heterocycles. The van der Waals surface area contributed by atoms with Crippen LogP contribution in [0.25, 0.3) is 0 Å². The minimum Gasteiger partial charge on any atom is -0.497 e. The van der Waals surface area contributed by atoms with Crippen LogP contribution in [-0.2, 0) is 9.53 Å².